The fourth-order valence-electron chi connectivity index (χ4n) is 2.46. The van der Waals surface area contributed by atoms with Gasteiger partial charge in [-0.15, -0.1) is 0 Å². The van der Waals surface area contributed by atoms with E-state index >= 15 is 0 Å². The van der Waals surface area contributed by atoms with Gasteiger partial charge in [-0.25, -0.2) is 0 Å². The molecule has 0 heterocycles. The molecule has 0 saturated carbocycles. The van der Waals surface area contributed by atoms with Gasteiger partial charge in [0.1, 0.15) is 5.75 Å². The van der Waals surface area contributed by atoms with Crippen LogP contribution in [0.5, 0.6) is 5.75 Å². The number of amides is 2. The summed E-state index contributed by atoms with van der Waals surface area (Å²) in [6.45, 7) is 0.438. The Hall–Kier alpha value is -3.02. The molecule has 0 aliphatic carbocycles. The minimum atomic E-state index is -0.704. The number of carbonyl (C=O) groups is 2. The minimum absolute atomic E-state index is 0.438. The van der Waals surface area contributed by atoms with Crippen LogP contribution in [0, 0.1) is 0 Å². The van der Waals surface area contributed by atoms with Crippen LogP contribution >= 0.6 is 0 Å². The molecule has 2 aromatic carbocycles. The van der Waals surface area contributed by atoms with Crippen LogP contribution in [-0.2, 0) is 16.0 Å². The largest absolute Gasteiger partial charge is 0.495 e. The molecule has 2 rings (SSSR count). The van der Waals surface area contributed by atoms with E-state index < -0.39 is 11.8 Å². The number of rotatable bonds is 7. The molecule has 0 bridgehead atoms. The number of carbonyl (C=O) groups excluding carboxylic acids is 2. The summed E-state index contributed by atoms with van der Waals surface area (Å²) in [7, 11) is 5.51. The van der Waals surface area contributed by atoms with E-state index in [9.17, 15) is 9.59 Å². The lowest BCUT2D eigenvalue weighted by atomic mass is 10.1. The summed E-state index contributed by atoms with van der Waals surface area (Å²) < 4.78 is 5.15. The first-order chi connectivity index (χ1) is 12.5. The second kappa shape index (κ2) is 9.46. The number of ether oxygens (including phenoxy) is 1. The molecule has 26 heavy (non-hydrogen) atoms. The Morgan fingerprint density at radius 3 is 2.35 bits per heavy atom. The number of anilines is 2. The maximum atomic E-state index is 12.0. The minimum Gasteiger partial charge on any atom is -0.495 e. The van der Waals surface area contributed by atoms with Crippen LogP contribution < -0.4 is 20.3 Å². The van der Waals surface area contributed by atoms with Crippen molar-refractivity contribution in [2.45, 2.75) is 12.8 Å². The Labute approximate surface area is 154 Å². The van der Waals surface area contributed by atoms with Crippen LogP contribution in [0.3, 0.4) is 0 Å². The molecule has 0 radical (unpaired) electrons. The zero-order valence-electron chi connectivity index (χ0n) is 15.4. The Bertz CT molecular complexity index is 742. The van der Waals surface area contributed by atoms with Gasteiger partial charge in [0, 0.05) is 26.3 Å². The maximum absolute atomic E-state index is 12.0. The van der Waals surface area contributed by atoms with Gasteiger partial charge in [-0.05, 0) is 42.7 Å². The smallest absolute Gasteiger partial charge is 0.313 e. The average molecular weight is 355 g/mol. The molecule has 0 aromatic heterocycles. The van der Waals surface area contributed by atoms with Gasteiger partial charge >= 0.3 is 11.8 Å². The molecule has 0 unspecified atom stereocenters. The van der Waals surface area contributed by atoms with E-state index in [0.29, 0.717) is 18.0 Å². The number of benzene rings is 2. The van der Waals surface area contributed by atoms with Crippen molar-refractivity contribution in [2.75, 3.05) is 38.0 Å². The van der Waals surface area contributed by atoms with Crippen LogP contribution in [0.1, 0.15) is 12.0 Å². The van der Waals surface area contributed by atoms with E-state index in [2.05, 4.69) is 34.9 Å². The molecule has 6 heteroatoms. The fraction of sp³-hybridized carbons (Fsp3) is 0.300. The van der Waals surface area contributed by atoms with Crippen LogP contribution in [0.15, 0.2) is 48.5 Å². The molecule has 6 nitrogen and oxygen atoms in total. The Morgan fingerprint density at radius 2 is 1.69 bits per heavy atom. The van der Waals surface area contributed by atoms with Crippen LogP contribution in [0.2, 0.25) is 0 Å². The highest BCUT2D eigenvalue weighted by molar-refractivity contribution is 6.39. The van der Waals surface area contributed by atoms with Gasteiger partial charge in [-0.3, -0.25) is 9.59 Å². The SMILES string of the molecule is COc1ccccc1NC(=O)C(=O)NCCCc1ccc(N(C)C)cc1. The standard InChI is InChI=1S/C20H25N3O3/c1-23(2)16-12-10-15(11-13-16)7-6-14-21-19(24)20(25)22-17-8-4-5-9-18(17)26-3/h4-5,8-13H,6-7,14H2,1-3H3,(H,21,24)(H,22,25). The number of aryl methyl sites for hydroxylation is 1. The van der Waals surface area contributed by atoms with Crippen LogP contribution in [0.25, 0.3) is 0 Å². The predicted octanol–water partition coefficient (Wildman–Crippen LogP) is 2.45. The third-order valence-electron chi connectivity index (χ3n) is 3.94. The highest BCUT2D eigenvalue weighted by atomic mass is 16.5. The zero-order chi connectivity index (χ0) is 18.9. The molecular weight excluding hydrogens is 330 g/mol. The van der Waals surface area contributed by atoms with E-state index in [1.165, 1.54) is 12.7 Å². The lowest BCUT2D eigenvalue weighted by Gasteiger charge is -2.12. The molecule has 0 atom stereocenters. The lowest BCUT2D eigenvalue weighted by Crippen LogP contribution is -2.36. The van der Waals surface area contributed by atoms with Gasteiger partial charge in [-0.2, -0.15) is 0 Å². The summed E-state index contributed by atoms with van der Waals surface area (Å²) in [6, 6.07) is 15.2. The summed E-state index contributed by atoms with van der Waals surface area (Å²) in [4.78, 5) is 25.9. The summed E-state index contributed by atoms with van der Waals surface area (Å²) in [5, 5.41) is 5.20. The molecular formula is C20H25N3O3. The highest BCUT2D eigenvalue weighted by Crippen LogP contribution is 2.22. The molecule has 138 valence electrons. The molecule has 0 aliphatic rings. The van der Waals surface area contributed by atoms with E-state index in [1.807, 2.05) is 19.0 Å². The number of hydrogen-bond acceptors (Lipinski definition) is 4. The monoisotopic (exact) mass is 355 g/mol. The molecule has 0 spiro atoms. The first-order valence-corrected chi connectivity index (χ1v) is 8.49. The van der Waals surface area contributed by atoms with E-state index in [4.69, 9.17) is 4.74 Å². The van der Waals surface area contributed by atoms with Crippen molar-refractivity contribution in [3.8, 4) is 5.75 Å². The third kappa shape index (κ3) is 5.51. The summed E-state index contributed by atoms with van der Waals surface area (Å²) in [5.74, 6) is -0.849. The van der Waals surface area contributed by atoms with Gasteiger partial charge in [-0.1, -0.05) is 24.3 Å². The first-order valence-electron chi connectivity index (χ1n) is 8.49. The predicted molar refractivity (Wildman–Crippen MR) is 104 cm³/mol. The van der Waals surface area contributed by atoms with Gasteiger partial charge in [0.25, 0.3) is 0 Å². The van der Waals surface area contributed by atoms with Crippen molar-refractivity contribution in [1.29, 1.82) is 0 Å². The second-order valence-corrected chi connectivity index (χ2v) is 6.07. The molecule has 2 aromatic rings. The molecule has 2 N–H and O–H groups in total. The van der Waals surface area contributed by atoms with Gasteiger partial charge in [0.15, 0.2) is 0 Å². The van der Waals surface area contributed by atoms with Crippen LogP contribution in [-0.4, -0.2) is 39.6 Å². The molecule has 0 fully saturated rings. The summed E-state index contributed by atoms with van der Waals surface area (Å²) in [6.07, 6.45) is 1.59. The summed E-state index contributed by atoms with van der Waals surface area (Å²) in [5.41, 5.74) is 2.81. The number of methoxy groups -OCH3 is 1. The highest BCUT2D eigenvalue weighted by Gasteiger charge is 2.14. The van der Waals surface area contributed by atoms with E-state index in [0.717, 1.165) is 18.5 Å². The Balaban J connectivity index is 1.75. The number of hydrogen-bond donors (Lipinski definition) is 2. The average Bonchev–Trinajstić information content (AvgIpc) is 2.65. The van der Waals surface area contributed by atoms with Gasteiger partial charge in [0.2, 0.25) is 0 Å². The number of nitrogens with zero attached hydrogens (tertiary/aromatic N) is 1. The lowest BCUT2D eigenvalue weighted by molar-refractivity contribution is -0.136. The Kier molecular flexibility index (Phi) is 7.02. The normalized spacial score (nSPS) is 10.1. The topological polar surface area (TPSA) is 70.7 Å². The Morgan fingerprint density at radius 1 is 1.00 bits per heavy atom. The number of nitrogens with one attached hydrogen (secondary N) is 2. The third-order valence-corrected chi connectivity index (χ3v) is 3.94. The van der Waals surface area contributed by atoms with Crippen molar-refractivity contribution < 1.29 is 14.3 Å². The van der Waals surface area contributed by atoms with Crippen molar-refractivity contribution in [1.82, 2.24) is 5.32 Å². The van der Waals surface area contributed by atoms with Crippen molar-refractivity contribution >= 4 is 23.2 Å². The molecule has 0 aliphatic heterocycles. The van der Waals surface area contributed by atoms with Crippen molar-refractivity contribution in [3.63, 3.8) is 0 Å². The zero-order valence-corrected chi connectivity index (χ0v) is 15.4. The summed E-state index contributed by atoms with van der Waals surface area (Å²) >= 11 is 0. The first kappa shape index (κ1) is 19.3. The van der Waals surface area contributed by atoms with Crippen LogP contribution in [0.4, 0.5) is 11.4 Å². The van der Waals surface area contributed by atoms with E-state index in [-0.39, 0.29) is 0 Å². The van der Waals surface area contributed by atoms with Crippen molar-refractivity contribution in [3.05, 3.63) is 54.1 Å². The fourth-order valence-corrected chi connectivity index (χ4v) is 2.46. The van der Waals surface area contributed by atoms with E-state index in [1.54, 1.807) is 24.3 Å². The maximum Gasteiger partial charge on any atom is 0.313 e. The second-order valence-electron chi connectivity index (χ2n) is 6.07. The number of para-hydroxylation sites is 2. The van der Waals surface area contributed by atoms with Crippen molar-refractivity contribution in [2.24, 2.45) is 0 Å². The van der Waals surface area contributed by atoms with Gasteiger partial charge in [0.05, 0.1) is 12.8 Å². The quantitative estimate of drug-likeness (QED) is 0.591. The molecule has 0 saturated heterocycles. The molecule has 2 amide bonds. The van der Waals surface area contributed by atoms with Gasteiger partial charge < -0.3 is 20.3 Å².